The lowest BCUT2D eigenvalue weighted by molar-refractivity contribution is -0.187. The van der Waals surface area contributed by atoms with Crippen LogP contribution in [-0.2, 0) is 46.2 Å². The molecule has 16 heteroatoms. The maximum absolute atomic E-state index is 13.9. The van der Waals surface area contributed by atoms with E-state index in [1.807, 2.05) is 42.5 Å². The third kappa shape index (κ3) is 13.3. The highest BCUT2D eigenvalue weighted by molar-refractivity contribution is 5.98. The molecule has 4 rings (SSSR count). The standard InChI is InChI=1S/C38H55N7O9/c1-37(2,3)54-36(50)42-19-17-23-13-15-25(16-14-23)43-33(47)26(12-9-18-41-35(40)49)45-34(48)27(20-24-10-7-6-8-11-24)44-30(46)21-28-31-32(29(22-39)51-28)53-38(4,5)52-31/h6-8,10-11,13-16,26-29,31-32H,9,12,17-22,39H2,1-5H3,(H,42,50)(H,43,47)(H,44,46)(H,45,48)(H3,40,41,49)/t26?,27-,28+,29-,31?,32?/m1/s1. The van der Waals surface area contributed by atoms with Crippen LogP contribution in [0.2, 0.25) is 0 Å². The van der Waals surface area contributed by atoms with Gasteiger partial charge in [-0.1, -0.05) is 42.5 Å². The summed E-state index contributed by atoms with van der Waals surface area (Å²) < 4.78 is 23.3. The van der Waals surface area contributed by atoms with Crippen molar-refractivity contribution in [1.82, 2.24) is 21.3 Å². The molecule has 6 atom stereocenters. The van der Waals surface area contributed by atoms with Gasteiger partial charge in [-0.15, -0.1) is 0 Å². The molecule has 9 N–H and O–H groups in total. The smallest absolute Gasteiger partial charge is 0.407 e. The number of nitrogens with two attached hydrogens (primary N) is 2. The maximum atomic E-state index is 13.9. The van der Waals surface area contributed by atoms with Gasteiger partial charge < -0.3 is 57.0 Å². The van der Waals surface area contributed by atoms with Crippen LogP contribution in [0.3, 0.4) is 0 Å². The molecule has 2 saturated heterocycles. The van der Waals surface area contributed by atoms with Crippen LogP contribution in [0.1, 0.15) is 65.0 Å². The third-order valence-corrected chi connectivity index (χ3v) is 8.70. The van der Waals surface area contributed by atoms with Gasteiger partial charge in [0.1, 0.15) is 29.9 Å². The molecule has 296 valence electrons. The zero-order chi connectivity index (χ0) is 39.5. The number of alkyl carbamates (subject to hydrolysis) is 1. The van der Waals surface area contributed by atoms with Gasteiger partial charge in [-0.25, -0.2) is 9.59 Å². The summed E-state index contributed by atoms with van der Waals surface area (Å²) >= 11 is 0. The summed E-state index contributed by atoms with van der Waals surface area (Å²) in [5, 5.41) is 13.7. The van der Waals surface area contributed by atoms with Crippen LogP contribution in [0.15, 0.2) is 54.6 Å². The molecular formula is C38H55N7O9. The number of carbonyl (C=O) groups excluding carboxylic acids is 5. The lowest BCUT2D eigenvalue weighted by Crippen LogP contribution is -2.54. The molecular weight excluding hydrogens is 698 g/mol. The van der Waals surface area contributed by atoms with E-state index >= 15 is 0 Å². The molecule has 0 aromatic heterocycles. The minimum absolute atomic E-state index is 0.106. The molecule has 6 amide bonds. The summed E-state index contributed by atoms with van der Waals surface area (Å²) in [5.41, 5.74) is 12.7. The monoisotopic (exact) mass is 753 g/mol. The Bertz CT molecular complexity index is 1580. The van der Waals surface area contributed by atoms with Crippen LogP contribution in [0, 0.1) is 0 Å². The molecule has 2 aliphatic heterocycles. The van der Waals surface area contributed by atoms with Crippen molar-refractivity contribution >= 4 is 35.5 Å². The second-order valence-corrected chi connectivity index (χ2v) is 14.9. The first-order valence-corrected chi connectivity index (χ1v) is 18.3. The number of primary amides is 1. The van der Waals surface area contributed by atoms with E-state index in [0.717, 1.165) is 11.1 Å². The number of urea groups is 1. The minimum atomic E-state index is -1.05. The number of benzene rings is 2. The molecule has 0 saturated carbocycles. The van der Waals surface area contributed by atoms with Gasteiger partial charge in [0.05, 0.1) is 18.6 Å². The number of nitrogens with one attached hydrogen (secondary N) is 5. The molecule has 2 aromatic rings. The zero-order valence-corrected chi connectivity index (χ0v) is 31.6. The highest BCUT2D eigenvalue weighted by Crippen LogP contribution is 2.39. The lowest BCUT2D eigenvalue weighted by Gasteiger charge is -2.25. The predicted octanol–water partition coefficient (Wildman–Crippen LogP) is 1.99. The van der Waals surface area contributed by atoms with Gasteiger partial charge in [0.15, 0.2) is 5.79 Å². The molecule has 0 bridgehead atoms. The number of ether oxygens (including phenoxy) is 4. The molecule has 3 unspecified atom stereocenters. The summed E-state index contributed by atoms with van der Waals surface area (Å²) in [6.07, 6.45) is -1.47. The molecule has 2 aliphatic rings. The number of carbonyl (C=O) groups is 5. The van der Waals surface area contributed by atoms with Crippen molar-refractivity contribution in [3.05, 3.63) is 65.7 Å². The Morgan fingerprint density at radius 2 is 1.50 bits per heavy atom. The Morgan fingerprint density at radius 1 is 0.833 bits per heavy atom. The second-order valence-electron chi connectivity index (χ2n) is 14.9. The summed E-state index contributed by atoms with van der Waals surface area (Å²) in [7, 11) is 0. The van der Waals surface area contributed by atoms with Gasteiger partial charge in [-0.3, -0.25) is 14.4 Å². The molecule has 2 fully saturated rings. The predicted molar refractivity (Wildman–Crippen MR) is 200 cm³/mol. The van der Waals surface area contributed by atoms with Crippen molar-refractivity contribution in [3.8, 4) is 0 Å². The normalized spacial score (nSPS) is 21.2. The Kier molecular flexibility index (Phi) is 14.8. The van der Waals surface area contributed by atoms with Crippen LogP contribution in [0.4, 0.5) is 15.3 Å². The minimum Gasteiger partial charge on any atom is -0.444 e. The van der Waals surface area contributed by atoms with E-state index < -0.39 is 77.7 Å². The number of amides is 6. The quantitative estimate of drug-likeness (QED) is 0.116. The Morgan fingerprint density at radius 3 is 2.13 bits per heavy atom. The Balaban J connectivity index is 1.42. The number of anilines is 1. The molecule has 2 heterocycles. The zero-order valence-electron chi connectivity index (χ0n) is 31.6. The van der Waals surface area contributed by atoms with E-state index in [-0.39, 0.29) is 32.4 Å². The SMILES string of the molecule is CC(C)(C)OC(=O)NCCc1ccc(NC(=O)C(CCCNC(N)=O)NC(=O)[C@@H](Cc2ccccc2)NC(=O)C[C@@H]2O[C@H](CN)C3OC(C)(C)OC32)cc1. The summed E-state index contributed by atoms with van der Waals surface area (Å²) in [4.78, 5) is 64.3. The molecule has 2 aromatic carbocycles. The Labute approximate surface area is 316 Å². The fourth-order valence-corrected chi connectivity index (χ4v) is 6.29. The van der Waals surface area contributed by atoms with Gasteiger partial charge in [-0.2, -0.15) is 0 Å². The van der Waals surface area contributed by atoms with E-state index in [0.29, 0.717) is 25.1 Å². The fraction of sp³-hybridized carbons (Fsp3) is 0.553. The summed E-state index contributed by atoms with van der Waals surface area (Å²) in [5.74, 6) is -2.38. The highest BCUT2D eigenvalue weighted by atomic mass is 16.8. The van der Waals surface area contributed by atoms with E-state index in [1.165, 1.54) is 0 Å². The highest BCUT2D eigenvalue weighted by Gasteiger charge is 2.55. The lowest BCUT2D eigenvalue weighted by atomic mass is 10.0. The molecule has 54 heavy (non-hydrogen) atoms. The molecule has 0 radical (unpaired) electrons. The van der Waals surface area contributed by atoms with Crippen LogP contribution >= 0.6 is 0 Å². The van der Waals surface area contributed by atoms with Gasteiger partial charge in [0, 0.05) is 31.7 Å². The number of fused-ring (bicyclic) bond motifs is 1. The van der Waals surface area contributed by atoms with E-state index in [9.17, 15) is 24.0 Å². The molecule has 0 spiro atoms. The molecule has 0 aliphatic carbocycles. The average Bonchev–Trinajstić information content (AvgIpc) is 3.58. The van der Waals surface area contributed by atoms with Crippen molar-refractivity contribution in [2.24, 2.45) is 11.5 Å². The van der Waals surface area contributed by atoms with Crippen molar-refractivity contribution in [1.29, 1.82) is 0 Å². The first kappa shape index (κ1) is 42.0. The van der Waals surface area contributed by atoms with Crippen molar-refractivity contribution < 1.29 is 42.9 Å². The van der Waals surface area contributed by atoms with Crippen molar-refractivity contribution in [2.75, 3.05) is 25.0 Å². The van der Waals surface area contributed by atoms with Gasteiger partial charge in [0.25, 0.3) is 0 Å². The van der Waals surface area contributed by atoms with E-state index in [1.54, 1.807) is 46.8 Å². The van der Waals surface area contributed by atoms with Crippen LogP contribution in [0.5, 0.6) is 0 Å². The third-order valence-electron chi connectivity index (χ3n) is 8.70. The largest absolute Gasteiger partial charge is 0.444 e. The maximum Gasteiger partial charge on any atom is 0.407 e. The first-order chi connectivity index (χ1) is 25.5. The van der Waals surface area contributed by atoms with E-state index in [4.69, 9.17) is 30.4 Å². The summed E-state index contributed by atoms with van der Waals surface area (Å²) in [6, 6.07) is 13.5. The van der Waals surface area contributed by atoms with Gasteiger partial charge in [-0.05, 0) is 77.1 Å². The summed E-state index contributed by atoms with van der Waals surface area (Å²) in [6.45, 7) is 9.67. The number of hydrogen-bond acceptors (Lipinski definition) is 10. The number of hydrogen-bond donors (Lipinski definition) is 7. The first-order valence-electron chi connectivity index (χ1n) is 18.3. The second kappa shape index (κ2) is 19.0. The van der Waals surface area contributed by atoms with Crippen LogP contribution in [0.25, 0.3) is 0 Å². The fourth-order valence-electron chi connectivity index (χ4n) is 6.29. The van der Waals surface area contributed by atoms with Crippen molar-refractivity contribution in [3.63, 3.8) is 0 Å². The van der Waals surface area contributed by atoms with E-state index in [2.05, 4.69) is 26.6 Å². The van der Waals surface area contributed by atoms with Crippen LogP contribution < -0.4 is 38.1 Å². The average molecular weight is 754 g/mol. The topological polar surface area (TPSA) is 234 Å². The molecule has 16 nitrogen and oxygen atoms in total. The van der Waals surface area contributed by atoms with Crippen molar-refractivity contribution in [2.45, 2.75) is 115 Å². The van der Waals surface area contributed by atoms with Gasteiger partial charge >= 0.3 is 12.1 Å². The number of rotatable bonds is 17. The van der Waals surface area contributed by atoms with Crippen LogP contribution in [-0.4, -0.2) is 97.4 Å². The van der Waals surface area contributed by atoms with Gasteiger partial charge in [0.2, 0.25) is 17.7 Å². The Hall–Kier alpha value is -4.77.